The number of aryl methyl sites for hydroxylation is 1. The Morgan fingerprint density at radius 3 is 2.50 bits per heavy atom. The van der Waals surface area contributed by atoms with Crippen LogP contribution in [0.2, 0.25) is 5.02 Å². The van der Waals surface area contributed by atoms with Gasteiger partial charge < -0.3 is 10.5 Å². The number of hydrogen-bond acceptors (Lipinski definition) is 2. The molecule has 0 spiro atoms. The van der Waals surface area contributed by atoms with E-state index in [2.05, 4.69) is 13.8 Å². The van der Waals surface area contributed by atoms with E-state index in [1.54, 1.807) is 0 Å². The van der Waals surface area contributed by atoms with E-state index in [1.165, 1.54) is 0 Å². The average molecular weight is 242 g/mol. The van der Waals surface area contributed by atoms with Crippen LogP contribution in [0.3, 0.4) is 0 Å². The first-order valence-electron chi connectivity index (χ1n) is 5.58. The summed E-state index contributed by atoms with van der Waals surface area (Å²) < 4.78 is 5.77. The monoisotopic (exact) mass is 241 g/mol. The molecule has 2 N–H and O–H groups in total. The Morgan fingerprint density at radius 2 is 2.00 bits per heavy atom. The second kappa shape index (κ2) is 5.55. The highest BCUT2D eigenvalue weighted by Gasteiger charge is 2.12. The largest absolute Gasteiger partial charge is 0.493 e. The van der Waals surface area contributed by atoms with Gasteiger partial charge in [0, 0.05) is 17.1 Å². The minimum absolute atomic E-state index is 0.458. The molecule has 0 aliphatic rings. The molecule has 0 unspecified atom stereocenters. The molecule has 1 rings (SSSR count). The van der Waals surface area contributed by atoms with Crippen molar-refractivity contribution in [1.82, 2.24) is 0 Å². The summed E-state index contributed by atoms with van der Waals surface area (Å²) in [5, 5.41) is 0.789. The second-order valence-corrected chi connectivity index (χ2v) is 4.90. The van der Waals surface area contributed by atoms with Crippen molar-refractivity contribution in [3.63, 3.8) is 0 Å². The van der Waals surface area contributed by atoms with Crippen molar-refractivity contribution in [3.05, 3.63) is 27.8 Å². The van der Waals surface area contributed by atoms with Gasteiger partial charge in [0.05, 0.1) is 6.61 Å². The van der Waals surface area contributed by atoms with E-state index in [4.69, 9.17) is 22.1 Å². The summed E-state index contributed by atoms with van der Waals surface area (Å²) in [6.07, 6.45) is 0. The van der Waals surface area contributed by atoms with Gasteiger partial charge in [0.15, 0.2) is 0 Å². The molecule has 0 saturated carbocycles. The highest BCUT2D eigenvalue weighted by atomic mass is 35.5. The van der Waals surface area contributed by atoms with Gasteiger partial charge in [0.2, 0.25) is 0 Å². The average Bonchev–Trinajstić information content (AvgIpc) is 2.23. The van der Waals surface area contributed by atoms with Crippen molar-refractivity contribution in [2.75, 3.05) is 6.61 Å². The molecule has 0 bridgehead atoms. The van der Waals surface area contributed by atoms with Gasteiger partial charge in [-0.3, -0.25) is 0 Å². The van der Waals surface area contributed by atoms with Crippen LogP contribution >= 0.6 is 11.6 Å². The lowest BCUT2D eigenvalue weighted by Gasteiger charge is -2.16. The minimum Gasteiger partial charge on any atom is -0.493 e. The van der Waals surface area contributed by atoms with Gasteiger partial charge >= 0.3 is 0 Å². The SMILES string of the molecule is Cc1cc(OCC(C)C)c(CN)c(C)c1Cl. The van der Waals surface area contributed by atoms with Crippen LogP contribution in [0, 0.1) is 19.8 Å². The molecule has 1 aromatic carbocycles. The number of ether oxygens (including phenoxy) is 1. The maximum Gasteiger partial charge on any atom is 0.124 e. The number of nitrogens with two attached hydrogens (primary N) is 1. The highest BCUT2D eigenvalue weighted by Crippen LogP contribution is 2.31. The Kier molecular flexibility index (Phi) is 4.63. The third kappa shape index (κ3) is 2.89. The standard InChI is InChI=1S/C13H20ClNO/c1-8(2)7-16-12-5-9(3)13(14)10(4)11(12)6-15/h5,8H,6-7,15H2,1-4H3. The quantitative estimate of drug-likeness (QED) is 0.876. The van der Waals surface area contributed by atoms with E-state index in [0.717, 1.165) is 27.5 Å². The molecule has 0 amide bonds. The Hall–Kier alpha value is -0.730. The van der Waals surface area contributed by atoms with Crippen LogP contribution in [0.25, 0.3) is 0 Å². The van der Waals surface area contributed by atoms with E-state index >= 15 is 0 Å². The third-order valence-electron chi connectivity index (χ3n) is 2.55. The lowest BCUT2D eigenvalue weighted by molar-refractivity contribution is 0.268. The number of halogens is 1. The van der Waals surface area contributed by atoms with Gasteiger partial charge in [0.1, 0.15) is 5.75 Å². The van der Waals surface area contributed by atoms with Gasteiger partial charge in [-0.2, -0.15) is 0 Å². The first-order valence-corrected chi connectivity index (χ1v) is 5.96. The van der Waals surface area contributed by atoms with Crippen LogP contribution in [-0.4, -0.2) is 6.61 Å². The van der Waals surface area contributed by atoms with Crippen molar-refractivity contribution in [2.45, 2.75) is 34.2 Å². The zero-order chi connectivity index (χ0) is 12.3. The molecule has 3 heteroatoms. The molecule has 0 atom stereocenters. The molecule has 0 aliphatic carbocycles. The molecule has 0 saturated heterocycles. The van der Waals surface area contributed by atoms with E-state index in [9.17, 15) is 0 Å². The van der Waals surface area contributed by atoms with Crippen LogP contribution in [0.5, 0.6) is 5.75 Å². The summed E-state index contributed by atoms with van der Waals surface area (Å²) in [6.45, 7) is 9.37. The molecule has 0 fully saturated rings. The van der Waals surface area contributed by atoms with Crippen LogP contribution in [0.1, 0.15) is 30.5 Å². The predicted octanol–water partition coefficient (Wildman–Crippen LogP) is 3.45. The maximum absolute atomic E-state index is 6.19. The van der Waals surface area contributed by atoms with E-state index in [1.807, 2.05) is 19.9 Å². The van der Waals surface area contributed by atoms with Crippen LogP contribution < -0.4 is 10.5 Å². The summed E-state index contributed by atoms with van der Waals surface area (Å²) in [5.74, 6) is 1.37. The normalized spacial score (nSPS) is 10.9. The Bertz CT molecular complexity index is 375. The van der Waals surface area contributed by atoms with Gasteiger partial charge in [-0.1, -0.05) is 25.4 Å². The van der Waals surface area contributed by atoms with E-state index in [0.29, 0.717) is 19.1 Å². The molecular formula is C13H20ClNO. The van der Waals surface area contributed by atoms with Crippen molar-refractivity contribution < 1.29 is 4.74 Å². The van der Waals surface area contributed by atoms with E-state index in [-0.39, 0.29) is 0 Å². The lowest BCUT2D eigenvalue weighted by Crippen LogP contribution is -2.10. The van der Waals surface area contributed by atoms with Crippen molar-refractivity contribution >= 4 is 11.6 Å². The molecule has 1 aromatic rings. The van der Waals surface area contributed by atoms with Crippen molar-refractivity contribution in [2.24, 2.45) is 11.7 Å². The van der Waals surface area contributed by atoms with Crippen LogP contribution in [0.4, 0.5) is 0 Å². The fraction of sp³-hybridized carbons (Fsp3) is 0.538. The fourth-order valence-corrected chi connectivity index (χ4v) is 1.77. The molecular weight excluding hydrogens is 222 g/mol. The zero-order valence-corrected chi connectivity index (χ0v) is 11.2. The smallest absolute Gasteiger partial charge is 0.124 e. The second-order valence-electron chi connectivity index (χ2n) is 4.52. The Morgan fingerprint density at radius 1 is 1.38 bits per heavy atom. The van der Waals surface area contributed by atoms with Gasteiger partial charge in [-0.25, -0.2) is 0 Å². The minimum atomic E-state index is 0.458. The lowest BCUT2D eigenvalue weighted by atomic mass is 10.0. The summed E-state index contributed by atoms with van der Waals surface area (Å²) in [5.41, 5.74) is 8.82. The summed E-state index contributed by atoms with van der Waals surface area (Å²) in [6, 6.07) is 1.97. The summed E-state index contributed by atoms with van der Waals surface area (Å²) in [7, 11) is 0. The van der Waals surface area contributed by atoms with Crippen LogP contribution in [0.15, 0.2) is 6.07 Å². The molecule has 2 nitrogen and oxygen atoms in total. The molecule has 0 aromatic heterocycles. The van der Waals surface area contributed by atoms with Gasteiger partial charge in [-0.15, -0.1) is 0 Å². The first-order chi connectivity index (χ1) is 7.47. The summed E-state index contributed by atoms with van der Waals surface area (Å²) in [4.78, 5) is 0. The van der Waals surface area contributed by atoms with Gasteiger partial charge in [-0.05, 0) is 37.0 Å². The van der Waals surface area contributed by atoms with Crippen LogP contribution in [-0.2, 0) is 6.54 Å². The Labute approximate surface area is 103 Å². The maximum atomic E-state index is 6.19. The molecule has 16 heavy (non-hydrogen) atoms. The molecule has 0 heterocycles. The molecule has 90 valence electrons. The van der Waals surface area contributed by atoms with Gasteiger partial charge in [0.25, 0.3) is 0 Å². The van der Waals surface area contributed by atoms with E-state index < -0.39 is 0 Å². The first kappa shape index (κ1) is 13.3. The molecule has 0 radical (unpaired) electrons. The Balaban J connectivity index is 3.07. The predicted molar refractivity (Wildman–Crippen MR) is 69.2 cm³/mol. The zero-order valence-electron chi connectivity index (χ0n) is 10.4. The van der Waals surface area contributed by atoms with Crippen molar-refractivity contribution in [1.29, 1.82) is 0 Å². The van der Waals surface area contributed by atoms with Crippen molar-refractivity contribution in [3.8, 4) is 5.75 Å². The number of hydrogen-bond donors (Lipinski definition) is 1. The summed E-state index contributed by atoms with van der Waals surface area (Å²) >= 11 is 6.19. The third-order valence-corrected chi connectivity index (χ3v) is 3.13. The number of rotatable bonds is 4. The topological polar surface area (TPSA) is 35.2 Å². The fourth-order valence-electron chi connectivity index (χ4n) is 1.60. The highest BCUT2D eigenvalue weighted by molar-refractivity contribution is 6.32. The molecule has 0 aliphatic heterocycles. The number of benzene rings is 1.